The number of aryl methyl sites for hydroxylation is 1. The molecule has 2 unspecified atom stereocenters. The zero-order chi connectivity index (χ0) is 13.0. The minimum absolute atomic E-state index is 0. The highest BCUT2D eigenvalue weighted by molar-refractivity contribution is 7.09. The molecular formula is C13H23Cl2N3OS. The third-order valence-electron chi connectivity index (χ3n) is 3.61. The fraction of sp³-hybridized carbons (Fsp3) is 0.692. The Balaban J connectivity index is 0.00000180. The number of thiazole rings is 1. The number of hydrogen-bond acceptors (Lipinski definition) is 4. The third-order valence-corrected chi connectivity index (χ3v) is 4.45. The quantitative estimate of drug-likeness (QED) is 0.916. The summed E-state index contributed by atoms with van der Waals surface area (Å²) in [6.07, 6.45) is 5.23. The van der Waals surface area contributed by atoms with Gasteiger partial charge in [0.2, 0.25) is 5.91 Å². The number of carbonyl (C=O) groups excluding carboxylic acids is 1. The Morgan fingerprint density at radius 2 is 2.30 bits per heavy atom. The summed E-state index contributed by atoms with van der Waals surface area (Å²) in [5, 5.41) is 2.99. The van der Waals surface area contributed by atoms with E-state index in [1.54, 1.807) is 17.5 Å². The molecule has 1 aromatic heterocycles. The third kappa shape index (κ3) is 5.20. The number of nitrogens with two attached hydrogens (primary N) is 1. The lowest BCUT2D eigenvalue weighted by atomic mass is 9.92. The maximum atomic E-state index is 12.2. The molecule has 2 heterocycles. The van der Waals surface area contributed by atoms with Crippen LogP contribution in [-0.2, 0) is 11.2 Å². The molecule has 1 saturated heterocycles. The van der Waals surface area contributed by atoms with Gasteiger partial charge in [0.15, 0.2) is 0 Å². The Bertz CT molecular complexity index is 389. The van der Waals surface area contributed by atoms with Crippen LogP contribution in [0.15, 0.2) is 11.6 Å². The lowest BCUT2D eigenvalue weighted by Crippen LogP contribution is -2.49. The molecular weight excluding hydrogens is 317 g/mol. The SMILES string of the molecule is CC1CCN(C(=O)CCc2nccs2)C(CN)C1.Cl.Cl. The van der Waals surface area contributed by atoms with Crippen LogP contribution in [-0.4, -0.2) is 34.9 Å². The number of halogens is 2. The van der Waals surface area contributed by atoms with Gasteiger partial charge >= 0.3 is 0 Å². The molecule has 1 aliphatic rings. The monoisotopic (exact) mass is 339 g/mol. The molecule has 1 aromatic rings. The molecule has 0 aliphatic carbocycles. The van der Waals surface area contributed by atoms with Gasteiger partial charge in [0, 0.05) is 43.5 Å². The standard InChI is InChI=1S/C13H21N3OS.2ClH/c1-10-4-6-16(11(8-10)9-14)13(17)3-2-12-15-5-7-18-12;;/h5,7,10-11H,2-4,6,8-9,14H2,1H3;2*1H. The van der Waals surface area contributed by atoms with Crippen molar-refractivity contribution in [2.24, 2.45) is 11.7 Å². The van der Waals surface area contributed by atoms with Gasteiger partial charge in [-0.3, -0.25) is 4.79 Å². The van der Waals surface area contributed by atoms with Crippen LogP contribution >= 0.6 is 36.2 Å². The number of hydrogen-bond donors (Lipinski definition) is 1. The minimum Gasteiger partial charge on any atom is -0.338 e. The van der Waals surface area contributed by atoms with Gasteiger partial charge in [0.1, 0.15) is 0 Å². The molecule has 0 bridgehead atoms. The summed E-state index contributed by atoms with van der Waals surface area (Å²) >= 11 is 1.61. The molecule has 0 spiro atoms. The van der Waals surface area contributed by atoms with Crippen molar-refractivity contribution in [2.45, 2.75) is 38.6 Å². The van der Waals surface area contributed by atoms with Gasteiger partial charge in [0.25, 0.3) is 0 Å². The molecule has 2 rings (SSSR count). The van der Waals surface area contributed by atoms with Crippen LogP contribution in [0, 0.1) is 5.92 Å². The fourth-order valence-electron chi connectivity index (χ4n) is 2.54. The van der Waals surface area contributed by atoms with Crippen LogP contribution in [0.1, 0.15) is 31.2 Å². The molecule has 1 fully saturated rings. The molecule has 1 aliphatic heterocycles. The van der Waals surface area contributed by atoms with Gasteiger partial charge in [-0.2, -0.15) is 0 Å². The van der Waals surface area contributed by atoms with Crippen molar-refractivity contribution in [3.63, 3.8) is 0 Å². The van der Waals surface area contributed by atoms with Crippen LogP contribution in [0.5, 0.6) is 0 Å². The number of aromatic nitrogens is 1. The second-order valence-electron chi connectivity index (χ2n) is 5.03. The summed E-state index contributed by atoms with van der Waals surface area (Å²) < 4.78 is 0. The molecule has 1 amide bonds. The van der Waals surface area contributed by atoms with Gasteiger partial charge in [-0.25, -0.2) is 4.98 Å². The number of rotatable bonds is 4. The van der Waals surface area contributed by atoms with Crippen LogP contribution in [0.4, 0.5) is 0 Å². The van der Waals surface area contributed by atoms with Crippen molar-refractivity contribution in [3.05, 3.63) is 16.6 Å². The summed E-state index contributed by atoms with van der Waals surface area (Å²) in [5.74, 6) is 0.911. The first-order valence-corrected chi connectivity index (χ1v) is 7.46. The minimum atomic E-state index is 0. The van der Waals surface area contributed by atoms with Crippen molar-refractivity contribution < 1.29 is 4.79 Å². The predicted octanol–water partition coefficient (Wildman–Crippen LogP) is 2.51. The highest BCUT2D eigenvalue weighted by atomic mass is 35.5. The first-order valence-electron chi connectivity index (χ1n) is 6.58. The van der Waals surface area contributed by atoms with E-state index in [1.807, 2.05) is 10.3 Å². The number of carbonyl (C=O) groups is 1. The maximum Gasteiger partial charge on any atom is 0.223 e. The average molecular weight is 340 g/mol. The first kappa shape index (κ1) is 19.6. The normalized spacial score (nSPS) is 21.8. The van der Waals surface area contributed by atoms with E-state index in [1.165, 1.54) is 0 Å². The van der Waals surface area contributed by atoms with Crippen LogP contribution in [0.25, 0.3) is 0 Å². The van der Waals surface area contributed by atoms with E-state index in [4.69, 9.17) is 5.73 Å². The second-order valence-corrected chi connectivity index (χ2v) is 6.01. The highest BCUT2D eigenvalue weighted by Crippen LogP contribution is 2.23. The predicted molar refractivity (Wildman–Crippen MR) is 87.9 cm³/mol. The Kier molecular flexibility index (Phi) is 9.38. The summed E-state index contributed by atoms with van der Waals surface area (Å²) in [7, 11) is 0. The van der Waals surface area contributed by atoms with E-state index >= 15 is 0 Å². The fourth-order valence-corrected chi connectivity index (χ4v) is 3.16. The molecule has 0 aromatic carbocycles. The Morgan fingerprint density at radius 1 is 1.55 bits per heavy atom. The van der Waals surface area contributed by atoms with Crippen LogP contribution < -0.4 is 5.73 Å². The van der Waals surface area contributed by atoms with E-state index in [0.717, 1.165) is 30.8 Å². The molecule has 20 heavy (non-hydrogen) atoms. The first-order chi connectivity index (χ1) is 8.70. The van der Waals surface area contributed by atoms with Crippen molar-refractivity contribution in [3.8, 4) is 0 Å². The van der Waals surface area contributed by atoms with Gasteiger partial charge < -0.3 is 10.6 Å². The molecule has 7 heteroatoms. The molecule has 2 N–H and O–H groups in total. The van der Waals surface area contributed by atoms with Gasteiger partial charge in [-0.05, 0) is 18.8 Å². The van der Waals surface area contributed by atoms with E-state index in [9.17, 15) is 4.79 Å². The largest absolute Gasteiger partial charge is 0.338 e. The number of amides is 1. The Labute approximate surface area is 137 Å². The van der Waals surface area contributed by atoms with E-state index in [-0.39, 0.29) is 36.8 Å². The van der Waals surface area contributed by atoms with Crippen molar-refractivity contribution in [2.75, 3.05) is 13.1 Å². The van der Waals surface area contributed by atoms with Crippen LogP contribution in [0.2, 0.25) is 0 Å². The molecule has 0 radical (unpaired) electrons. The van der Waals surface area contributed by atoms with Gasteiger partial charge in [-0.1, -0.05) is 6.92 Å². The lowest BCUT2D eigenvalue weighted by Gasteiger charge is -2.38. The zero-order valence-electron chi connectivity index (χ0n) is 11.7. The van der Waals surface area contributed by atoms with E-state index in [0.29, 0.717) is 18.9 Å². The van der Waals surface area contributed by atoms with Crippen molar-refractivity contribution in [1.82, 2.24) is 9.88 Å². The van der Waals surface area contributed by atoms with Crippen molar-refractivity contribution in [1.29, 1.82) is 0 Å². The smallest absolute Gasteiger partial charge is 0.223 e. The molecule has 0 saturated carbocycles. The average Bonchev–Trinajstić information content (AvgIpc) is 2.88. The Hall–Kier alpha value is -0.360. The summed E-state index contributed by atoms with van der Waals surface area (Å²) in [4.78, 5) is 18.4. The Morgan fingerprint density at radius 3 is 2.90 bits per heavy atom. The second kappa shape index (κ2) is 9.55. The van der Waals surface area contributed by atoms with Crippen LogP contribution in [0.3, 0.4) is 0 Å². The maximum absolute atomic E-state index is 12.2. The van der Waals surface area contributed by atoms with Crippen molar-refractivity contribution >= 4 is 42.1 Å². The van der Waals surface area contributed by atoms with Gasteiger partial charge in [0.05, 0.1) is 5.01 Å². The van der Waals surface area contributed by atoms with E-state index < -0.39 is 0 Å². The summed E-state index contributed by atoms with van der Waals surface area (Å²) in [6.45, 7) is 3.67. The summed E-state index contributed by atoms with van der Waals surface area (Å²) in [6, 6.07) is 0.234. The summed E-state index contributed by atoms with van der Waals surface area (Å²) in [5.41, 5.74) is 5.78. The van der Waals surface area contributed by atoms with E-state index in [2.05, 4.69) is 11.9 Å². The van der Waals surface area contributed by atoms with Gasteiger partial charge in [-0.15, -0.1) is 36.2 Å². The topological polar surface area (TPSA) is 59.2 Å². The molecule has 2 atom stereocenters. The zero-order valence-corrected chi connectivity index (χ0v) is 14.1. The number of nitrogens with zero attached hydrogens (tertiary/aromatic N) is 2. The highest BCUT2D eigenvalue weighted by Gasteiger charge is 2.28. The molecule has 4 nitrogen and oxygen atoms in total. The number of piperidine rings is 1. The lowest BCUT2D eigenvalue weighted by molar-refractivity contribution is -0.135. The number of likely N-dealkylation sites (tertiary alicyclic amines) is 1. The molecule has 116 valence electrons.